The molecule has 0 amide bonds. The molecule has 1 heterocycles. The maximum absolute atomic E-state index is 11.0. The second-order valence-corrected chi connectivity index (χ2v) is 4.85. The number of rotatable bonds is 6. The van der Waals surface area contributed by atoms with Gasteiger partial charge in [-0.2, -0.15) is 0 Å². The molecule has 106 valence electrons. The molecule has 1 aromatic carbocycles. The van der Waals surface area contributed by atoms with Gasteiger partial charge in [0.05, 0.1) is 12.5 Å². The van der Waals surface area contributed by atoms with E-state index >= 15 is 0 Å². The van der Waals surface area contributed by atoms with Crippen molar-refractivity contribution < 1.29 is 9.90 Å². The average molecular weight is 274 g/mol. The van der Waals surface area contributed by atoms with E-state index in [2.05, 4.69) is 15.5 Å². The Morgan fingerprint density at radius 3 is 2.65 bits per heavy atom. The Morgan fingerprint density at radius 1 is 1.35 bits per heavy atom. The third-order valence-electron chi connectivity index (χ3n) is 3.18. The molecule has 0 spiro atoms. The summed E-state index contributed by atoms with van der Waals surface area (Å²) < 4.78 is 1.63. The Bertz CT molecular complexity index is 577. The zero-order valence-electron chi connectivity index (χ0n) is 11.7. The van der Waals surface area contributed by atoms with Crippen LogP contribution in [0.1, 0.15) is 37.8 Å². The Kier molecular flexibility index (Phi) is 4.45. The van der Waals surface area contributed by atoms with Gasteiger partial charge in [0.1, 0.15) is 0 Å². The molecule has 2 rings (SSSR count). The van der Waals surface area contributed by atoms with E-state index in [0.717, 1.165) is 24.0 Å². The van der Waals surface area contributed by atoms with E-state index in [4.69, 9.17) is 5.11 Å². The summed E-state index contributed by atoms with van der Waals surface area (Å²) in [5.41, 5.74) is 2.05. The van der Waals surface area contributed by atoms with E-state index < -0.39 is 5.97 Å². The Labute approximate surface area is 117 Å². The zero-order chi connectivity index (χ0) is 14.5. The molecule has 0 aliphatic heterocycles. The largest absolute Gasteiger partial charge is 0.481 e. The number of carbonyl (C=O) groups is 1. The molecule has 0 saturated heterocycles. The van der Waals surface area contributed by atoms with Gasteiger partial charge in [-0.3, -0.25) is 4.79 Å². The fraction of sp³-hybridized carbons (Fsp3) is 0.429. The van der Waals surface area contributed by atoms with Gasteiger partial charge in [0.15, 0.2) is 5.82 Å². The lowest BCUT2D eigenvalue weighted by atomic mass is 10.1. The number of benzene rings is 1. The average Bonchev–Trinajstić information content (AvgIpc) is 2.88. The number of hydrogen-bond acceptors (Lipinski definition) is 4. The van der Waals surface area contributed by atoms with Crippen LogP contribution in [0.25, 0.3) is 11.4 Å². The normalized spacial score (nSPS) is 12.3. The summed E-state index contributed by atoms with van der Waals surface area (Å²) in [4.78, 5) is 11.0. The minimum absolute atomic E-state index is 0.0255. The van der Waals surface area contributed by atoms with Gasteiger partial charge < -0.3 is 5.11 Å². The molecule has 1 aromatic heterocycles. The summed E-state index contributed by atoms with van der Waals surface area (Å²) in [5, 5.41) is 20.7. The summed E-state index contributed by atoms with van der Waals surface area (Å²) in [6, 6.07) is 7.65. The Morgan fingerprint density at radius 2 is 2.05 bits per heavy atom. The summed E-state index contributed by atoms with van der Waals surface area (Å²) in [6.07, 6.45) is 1.64. The van der Waals surface area contributed by atoms with E-state index in [1.54, 1.807) is 4.68 Å². The fourth-order valence-electron chi connectivity index (χ4n) is 2.18. The maximum Gasteiger partial charge on any atom is 0.305 e. The highest BCUT2D eigenvalue weighted by Gasteiger charge is 2.20. The van der Waals surface area contributed by atoms with Crippen molar-refractivity contribution in [2.75, 3.05) is 0 Å². The first-order valence-corrected chi connectivity index (χ1v) is 6.68. The molecule has 6 heteroatoms. The van der Waals surface area contributed by atoms with Crippen LogP contribution in [0.2, 0.25) is 0 Å². The third-order valence-corrected chi connectivity index (χ3v) is 3.18. The van der Waals surface area contributed by atoms with Gasteiger partial charge in [-0.25, -0.2) is 4.68 Å². The molecule has 0 fully saturated rings. The maximum atomic E-state index is 11.0. The van der Waals surface area contributed by atoms with Crippen LogP contribution in [-0.4, -0.2) is 31.3 Å². The first kappa shape index (κ1) is 14.2. The molecular formula is C14H18N4O2. The van der Waals surface area contributed by atoms with Gasteiger partial charge in [-0.15, -0.1) is 5.10 Å². The topological polar surface area (TPSA) is 80.9 Å². The van der Waals surface area contributed by atoms with Crippen molar-refractivity contribution in [2.45, 2.75) is 39.2 Å². The van der Waals surface area contributed by atoms with Crippen molar-refractivity contribution >= 4 is 5.97 Å². The molecule has 0 aliphatic rings. The highest BCUT2D eigenvalue weighted by atomic mass is 16.4. The van der Waals surface area contributed by atoms with Gasteiger partial charge in [-0.05, 0) is 23.8 Å². The number of tetrazole rings is 1. The lowest BCUT2D eigenvalue weighted by Crippen LogP contribution is -2.16. The molecule has 0 bridgehead atoms. The SMILES string of the molecule is CCCC(CC(=O)O)n1nnnc1-c1ccc(C)cc1. The number of carboxylic acid groups (broad SMARTS) is 1. The highest BCUT2D eigenvalue weighted by Crippen LogP contribution is 2.24. The molecule has 1 atom stereocenters. The molecule has 2 aromatic rings. The van der Waals surface area contributed by atoms with E-state index in [-0.39, 0.29) is 12.5 Å². The first-order valence-electron chi connectivity index (χ1n) is 6.68. The molecule has 1 unspecified atom stereocenters. The Balaban J connectivity index is 2.34. The van der Waals surface area contributed by atoms with Crippen LogP contribution in [0.3, 0.4) is 0 Å². The molecule has 1 N–H and O–H groups in total. The second-order valence-electron chi connectivity index (χ2n) is 4.85. The number of carboxylic acids is 1. The lowest BCUT2D eigenvalue weighted by Gasteiger charge is -2.15. The third kappa shape index (κ3) is 3.20. The summed E-state index contributed by atoms with van der Waals surface area (Å²) in [5.74, 6) is -0.224. The number of aliphatic carboxylic acids is 1. The van der Waals surface area contributed by atoms with Crippen LogP contribution in [0.15, 0.2) is 24.3 Å². The van der Waals surface area contributed by atoms with Crippen molar-refractivity contribution in [1.29, 1.82) is 0 Å². The minimum Gasteiger partial charge on any atom is -0.481 e. The van der Waals surface area contributed by atoms with Crippen molar-refractivity contribution in [1.82, 2.24) is 20.2 Å². The van der Waals surface area contributed by atoms with Gasteiger partial charge in [0.2, 0.25) is 0 Å². The van der Waals surface area contributed by atoms with Crippen molar-refractivity contribution in [3.8, 4) is 11.4 Å². The molecular weight excluding hydrogens is 256 g/mol. The van der Waals surface area contributed by atoms with Crippen LogP contribution in [0.4, 0.5) is 0 Å². The predicted molar refractivity (Wildman–Crippen MR) is 74.2 cm³/mol. The summed E-state index contributed by atoms with van der Waals surface area (Å²) in [7, 11) is 0. The van der Waals surface area contributed by atoms with Gasteiger partial charge in [0.25, 0.3) is 0 Å². The second kappa shape index (κ2) is 6.27. The van der Waals surface area contributed by atoms with Crippen LogP contribution >= 0.6 is 0 Å². The van der Waals surface area contributed by atoms with E-state index in [1.165, 1.54) is 0 Å². The van der Waals surface area contributed by atoms with E-state index in [9.17, 15) is 4.79 Å². The standard InChI is InChI=1S/C14H18N4O2/c1-3-4-12(9-13(19)20)18-14(15-16-17-18)11-7-5-10(2)6-8-11/h5-8,12H,3-4,9H2,1-2H3,(H,19,20). The van der Waals surface area contributed by atoms with Crippen molar-refractivity contribution in [2.24, 2.45) is 0 Å². The quantitative estimate of drug-likeness (QED) is 0.875. The van der Waals surface area contributed by atoms with E-state index in [0.29, 0.717) is 5.82 Å². The van der Waals surface area contributed by atoms with Crippen molar-refractivity contribution in [3.05, 3.63) is 29.8 Å². The predicted octanol–water partition coefficient (Wildman–Crippen LogP) is 2.46. The van der Waals surface area contributed by atoms with Crippen LogP contribution in [-0.2, 0) is 4.79 Å². The van der Waals surface area contributed by atoms with Crippen molar-refractivity contribution in [3.63, 3.8) is 0 Å². The van der Waals surface area contributed by atoms with Crippen LogP contribution in [0.5, 0.6) is 0 Å². The smallest absolute Gasteiger partial charge is 0.305 e. The number of nitrogens with zero attached hydrogens (tertiary/aromatic N) is 4. The summed E-state index contributed by atoms with van der Waals surface area (Å²) in [6.45, 7) is 4.03. The van der Waals surface area contributed by atoms with Gasteiger partial charge in [0, 0.05) is 5.56 Å². The molecule has 0 saturated carbocycles. The number of aromatic nitrogens is 4. The van der Waals surface area contributed by atoms with Crippen LogP contribution in [0, 0.1) is 6.92 Å². The Hall–Kier alpha value is -2.24. The van der Waals surface area contributed by atoms with Crippen LogP contribution < -0.4 is 0 Å². The lowest BCUT2D eigenvalue weighted by molar-refractivity contribution is -0.138. The highest BCUT2D eigenvalue weighted by molar-refractivity contribution is 5.67. The number of hydrogen-bond donors (Lipinski definition) is 1. The molecule has 0 aliphatic carbocycles. The number of aryl methyl sites for hydroxylation is 1. The molecule has 6 nitrogen and oxygen atoms in total. The fourth-order valence-corrected chi connectivity index (χ4v) is 2.18. The summed E-state index contributed by atoms with van der Waals surface area (Å²) >= 11 is 0. The minimum atomic E-state index is -0.839. The van der Waals surface area contributed by atoms with Gasteiger partial charge in [-0.1, -0.05) is 43.2 Å². The zero-order valence-corrected chi connectivity index (χ0v) is 11.7. The molecule has 20 heavy (non-hydrogen) atoms. The monoisotopic (exact) mass is 274 g/mol. The first-order chi connectivity index (χ1) is 9.61. The molecule has 0 radical (unpaired) electrons. The van der Waals surface area contributed by atoms with E-state index in [1.807, 2.05) is 38.1 Å². The van der Waals surface area contributed by atoms with Gasteiger partial charge >= 0.3 is 5.97 Å².